The molecule has 0 aliphatic heterocycles. The van der Waals surface area contributed by atoms with Gasteiger partial charge in [0.05, 0.1) is 5.33 Å². The summed E-state index contributed by atoms with van der Waals surface area (Å²) < 4.78 is 3.22. The highest BCUT2D eigenvalue weighted by molar-refractivity contribution is 9.10. The van der Waals surface area contributed by atoms with Gasteiger partial charge in [-0.2, -0.15) is 0 Å². The Kier molecular flexibility index (Phi) is 3.99. The fourth-order valence-corrected chi connectivity index (χ4v) is 2.51. The maximum absolute atomic E-state index is 4.26. The van der Waals surface area contributed by atoms with Crippen LogP contribution in [-0.4, -0.2) is 14.8 Å². The SMILES string of the molecule is CCn1c(CBr)nnc1-c1ccc(C)c(Br)c1. The second-order valence-electron chi connectivity index (χ2n) is 3.78. The van der Waals surface area contributed by atoms with E-state index >= 15 is 0 Å². The molecular weight excluding hydrogens is 346 g/mol. The number of aryl methyl sites for hydroxylation is 1. The molecule has 90 valence electrons. The van der Waals surface area contributed by atoms with Crippen LogP contribution in [0.5, 0.6) is 0 Å². The topological polar surface area (TPSA) is 30.7 Å². The Morgan fingerprint density at radius 3 is 2.65 bits per heavy atom. The molecule has 1 aromatic carbocycles. The summed E-state index contributed by atoms with van der Waals surface area (Å²) in [5, 5.41) is 9.17. The molecule has 0 saturated heterocycles. The van der Waals surface area contributed by atoms with Crippen LogP contribution in [0.2, 0.25) is 0 Å². The quantitative estimate of drug-likeness (QED) is 0.778. The van der Waals surface area contributed by atoms with Gasteiger partial charge in [-0.3, -0.25) is 0 Å². The van der Waals surface area contributed by atoms with E-state index in [2.05, 4.69) is 78.7 Å². The van der Waals surface area contributed by atoms with E-state index in [0.717, 1.165) is 33.6 Å². The molecule has 2 rings (SSSR count). The summed E-state index contributed by atoms with van der Waals surface area (Å²) in [7, 11) is 0. The molecule has 0 amide bonds. The van der Waals surface area contributed by atoms with Gasteiger partial charge in [-0.05, 0) is 25.5 Å². The molecule has 17 heavy (non-hydrogen) atoms. The van der Waals surface area contributed by atoms with Crippen LogP contribution in [0, 0.1) is 6.92 Å². The molecule has 5 heteroatoms. The van der Waals surface area contributed by atoms with Crippen molar-refractivity contribution in [3.05, 3.63) is 34.1 Å². The lowest BCUT2D eigenvalue weighted by Gasteiger charge is -2.07. The molecule has 0 atom stereocenters. The molecule has 0 saturated carbocycles. The normalized spacial score (nSPS) is 10.8. The van der Waals surface area contributed by atoms with Gasteiger partial charge in [0.1, 0.15) is 5.82 Å². The molecule has 0 aliphatic carbocycles. The van der Waals surface area contributed by atoms with Crippen LogP contribution in [0.25, 0.3) is 11.4 Å². The predicted molar refractivity (Wildman–Crippen MR) is 76.2 cm³/mol. The van der Waals surface area contributed by atoms with Crippen LogP contribution < -0.4 is 0 Å². The Labute approximate surface area is 118 Å². The summed E-state index contributed by atoms with van der Waals surface area (Å²) in [6.07, 6.45) is 0. The number of rotatable bonds is 3. The molecule has 0 bridgehead atoms. The highest BCUT2D eigenvalue weighted by Gasteiger charge is 2.12. The minimum atomic E-state index is 0.723. The van der Waals surface area contributed by atoms with Gasteiger partial charge >= 0.3 is 0 Å². The van der Waals surface area contributed by atoms with Crippen molar-refractivity contribution in [3.63, 3.8) is 0 Å². The molecule has 0 N–H and O–H groups in total. The Balaban J connectivity index is 2.52. The van der Waals surface area contributed by atoms with Gasteiger partial charge in [0.25, 0.3) is 0 Å². The zero-order valence-corrected chi connectivity index (χ0v) is 12.9. The average molecular weight is 359 g/mol. The second-order valence-corrected chi connectivity index (χ2v) is 5.20. The van der Waals surface area contributed by atoms with Crippen molar-refractivity contribution in [1.82, 2.24) is 14.8 Å². The van der Waals surface area contributed by atoms with Crippen LogP contribution >= 0.6 is 31.9 Å². The molecule has 0 radical (unpaired) electrons. The lowest BCUT2D eigenvalue weighted by Crippen LogP contribution is -2.01. The number of halogens is 2. The van der Waals surface area contributed by atoms with Gasteiger partial charge in [0.2, 0.25) is 0 Å². The predicted octanol–water partition coefficient (Wildman–Crippen LogP) is 3.93. The first-order valence-electron chi connectivity index (χ1n) is 5.42. The van der Waals surface area contributed by atoms with Crippen LogP contribution in [0.3, 0.4) is 0 Å². The number of aromatic nitrogens is 3. The van der Waals surface area contributed by atoms with E-state index in [1.807, 2.05) is 0 Å². The van der Waals surface area contributed by atoms with Gasteiger partial charge in [0.15, 0.2) is 5.82 Å². The van der Waals surface area contributed by atoms with Crippen molar-refractivity contribution in [2.75, 3.05) is 0 Å². The van der Waals surface area contributed by atoms with E-state index < -0.39 is 0 Å². The van der Waals surface area contributed by atoms with E-state index in [0.29, 0.717) is 0 Å². The molecule has 0 spiro atoms. The number of hydrogen-bond acceptors (Lipinski definition) is 2. The zero-order valence-electron chi connectivity index (χ0n) is 9.74. The first-order valence-corrected chi connectivity index (χ1v) is 7.33. The van der Waals surface area contributed by atoms with Crippen molar-refractivity contribution < 1.29 is 0 Å². The number of alkyl halides is 1. The summed E-state index contributed by atoms with van der Waals surface area (Å²) in [4.78, 5) is 0. The van der Waals surface area contributed by atoms with Gasteiger partial charge in [-0.25, -0.2) is 0 Å². The van der Waals surface area contributed by atoms with Gasteiger partial charge in [0, 0.05) is 16.6 Å². The summed E-state index contributed by atoms with van der Waals surface area (Å²) >= 11 is 6.98. The fraction of sp³-hybridized carbons (Fsp3) is 0.333. The Morgan fingerprint density at radius 2 is 2.06 bits per heavy atom. The van der Waals surface area contributed by atoms with E-state index in [-0.39, 0.29) is 0 Å². The van der Waals surface area contributed by atoms with Gasteiger partial charge in [-0.15, -0.1) is 10.2 Å². The Bertz CT molecular complexity index is 535. The lowest BCUT2D eigenvalue weighted by molar-refractivity contribution is 0.733. The highest BCUT2D eigenvalue weighted by atomic mass is 79.9. The molecule has 1 heterocycles. The van der Waals surface area contributed by atoms with E-state index in [9.17, 15) is 0 Å². The molecule has 0 fully saturated rings. The third kappa shape index (κ3) is 2.45. The largest absolute Gasteiger partial charge is 0.311 e. The third-order valence-electron chi connectivity index (χ3n) is 2.69. The molecular formula is C12H13Br2N3. The van der Waals surface area contributed by atoms with Crippen molar-refractivity contribution in [1.29, 1.82) is 0 Å². The van der Waals surface area contributed by atoms with Crippen LogP contribution in [0.4, 0.5) is 0 Å². The summed E-state index contributed by atoms with van der Waals surface area (Å²) in [6, 6.07) is 6.25. The van der Waals surface area contributed by atoms with E-state index in [1.165, 1.54) is 5.56 Å². The smallest absolute Gasteiger partial charge is 0.164 e. The van der Waals surface area contributed by atoms with Crippen LogP contribution in [0.1, 0.15) is 18.3 Å². The Morgan fingerprint density at radius 1 is 1.29 bits per heavy atom. The summed E-state index contributed by atoms with van der Waals surface area (Å²) in [5.74, 6) is 1.88. The molecule has 0 unspecified atom stereocenters. The lowest BCUT2D eigenvalue weighted by atomic mass is 10.1. The summed E-state index contributed by atoms with van der Waals surface area (Å²) in [6.45, 7) is 5.04. The molecule has 0 aliphatic rings. The minimum absolute atomic E-state index is 0.723. The van der Waals surface area contributed by atoms with Gasteiger partial charge in [-0.1, -0.05) is 44.0 Å². The highest BCUT2D eigenvalue weighted by Crippen LogP contribution is 2.25. The van der Waals surface area contributed by atoms with Crippen molar-refractivity contribution in [2.24, 2.45) is 0 Å². The van der Waals surface area contributed by atoms with Crippen molar-refractivity contribution >= 4 is 31.9 Å². The summed E-state index contributed by atoms with van der Waals surface area (Å²) in [5.41, 5.74) is 2.31. The number of nitrogens with zero attached hydrogens (tertiary/aromatic N) is 3. The second kappa shape index (κ2) is 5.31. The van der Waals surface area contributed by atoms with E-state index in [4.69, 9.17) is 0 Å². The van der Waals surface area contributed by atoms with Crippen LogP contribution in [-0.2, 0) is 11.9 Å². The minimum Gasteiger partial charge on any atom is -0.311 e. The Hall–Kier alpha value is -0.680. The maximum Gasteiger partial charge on any atom is 0.164 e. The van der Waals surface area contributed by atoms with Gasteiger partial charge < -0.3 is 4.57 Å². The monoisotopic (exact) mass is 357 g/mol. The molecule has 3 nitrogen and oxygen atoms in total. The number of benzene rings is 1. The third-order valence-corrected chi connectivity index (χ3v) is 4.05. The molecule has 2 aromatic rings. The average Bonchev–Trinajstić information content (AvgIpc) is 2.75. The zero-order chi connectivity index (χ0) is 12.4. The fourth-order valence-electron chi connectivity index (χ4n) is 1.71. The van der Waals surface area contributed by atoms with Crippen molar-refractivity contribution in [2.45, 2.75) is 25.7 Å². The molecule has 1 aromatic heterocycles. The first kappa shape index (κ1) is 12.8. The van der Waals surface area contributed by atoms with E-state index in [1.54, 1.807) is 0 Å². The maximum atomic E-state index is 4.26. The first-order chi connectivity index (χ1) is 8.17. The standard InChI is InChI=1S/C12H13Br2N3/c1-3-17-11(7-13)15-16-12(17)9-5-4-8(2)10(14)6-9/h4-6H,3,7H2,1-2H3. The number of hydrogen-bond donors (Lipinski definition) is 0. The van der Waals surface area contributed by atoms with Crippen molar-refractivity contribution in [3.8, 4) is 11.4 Å². The van der Waals surface area contributed by atoms with Crippen LogP contribution in [0.15, 0.2) is 22.7 Å².